The zero-order valence-corrected chi connectivity index (χ0v) is 19.0. The van der Waals surface area contributed by atoms with Crippen molar-refractivity contribution >= 4 is 11.6 Å². The van der Waals surface area contributed by atoms with Gasteiger partial charge in [-0.15, -0.1) is 0 Å². The van der Waals surface area contributed by atoms with Crippen molar-refractivity contribution in [2.45, 2.75) is 31.8 Å². The monoisotopic (exact) mass is 450 g/mol. The normalized spacial score (nSPS) is 13.7. The molecule has 1 fully saturated rings. The van der Waals surface area contributed by atoms with E-state index < -0.39 is 0 Å². The van der Waals surface area contributed by atoms with Crippen molar-refractivity contribution in [3.05, 3.63) is 54.2 Å². The van der Waals surface area contributed by atoms with Crippen LogP contribution < -0.4 is 25.3 Å². The van der Waals surface area contributed by atoms with E-state index in [-0.39, 0.29) is 12.0 Å². The molecule has 0 bridgehead atoms. The molecule has 1 heterocycles. The lowest BCUT2D eigenvalue weighted by Gasteiger charge is -2.17. The highest BCUT2D eigenvalue weighted by Gasteiger charge is 2.20. The average molecular weight is 451 g/mol. The molecule has 1 aromatic heterocycles. The van der Waals surface area contributed by atoms with Crippen molar-refractivity contribution < 1.29 is 19.0 Å². The second kappa shape index (κ2) is 10.4. The first-order valence-electron chi connectivity index (χ1n) is 11.2. The summed E-state index contributed by atoms with van der Waals surface area (Å²) < 4.78 is 19.1. The standard InChI is InChI=1S/C25H30N4O4/c1-29-21(11-13-27-29)20-16-18(8-10-22(20)32-14-12-26)28-25(30)17-7-9-23(31-2)24(15-17)33-19-5-3-4-6-19/h7-11,13,15-16,19H,3-6,12,14,26H2,1-2H3,(H,28,30). The molecule has 0 aliphatic heterocycles. The predicted molar refractivity (Wildman–Crippen MR) is 127 cm³/mol. The van der Waals surface area contributed by atoms with Gasteiger partial charge in [-0.25, -0.2) is 0 Å². The van der Waals surface area contributed by atoms with Crippen molar-refractivity contribution in [3.8, 4) is 28.5 Å². The topological polar surface area (TPSA) is 101 Å². The molecule has 2 aromatic carbocycles. The highest BCUT2D eigenvalue weighted by atomic mass is 16.5. The Bertz CT molecular complexity index is 1110. The van der Waals surface area contributed by atoms with E-state index in [4.69, 9.17) is 19.9 Å². The summed E-state index contributed by atoms with van der Waals surface area (Å²) in [6.07, 6.45) is 6.26. The summed E-state index contributed by atoms with van der Waals surface area (Å²) in [4.78, 5) is 13.1. The summed E-state index contributed by atoms with van der Waals surface area (Å²) >= 11 is 0. The third-order valence-electron chi connectivity index (χ3n) is 5.73. The minimum atomic E-state index is -0.236. The Morgan fingerprint density at radius 1 is 1.12 bits per heavy atom. The highest BCUT2D eigenvalue weighted by Crippen LogP contribution is 2.34. The van der Waals surface area contributed by atoms with Crippen molar-refractivity contribution in [3.63, 3.8) is 0 Å². The van der Waals surface area contributed by atoms with E-state index in [1.807, 2.05) is 31.3 Å². The van der Waals surface area contributed by atoms with Gasteiger partial charge in [0.25, 0.3) is 5.91 Å². The van der Waals surface area contributed by atoms with Gasteiger partial charge in [-0.2, -0.15) is 5.10 Å². The maximum Gasteiger partial charge on any atom is 0.255 e. The van der Waals surface area contributed by atoms with E-state index in [0.29, 0.717) is 41.7 Å². The number of carbonyl (C=O) groups is 1. The number of aromatic nitrogens is 2. The Hall–Kier alpha value is -3.52. The number of hydrogen-bond donors (Lipinski definition) is 2. The van der Waals surface area contributed by atoms with Crippen LogP contribution in [0, 0.1) is 0 Å². The number of anilines is 1. The maximum absolute atomic E-state index is 13.1. The number of carbonyl (C=O) groups excluding carboxylic acids is 1. The molecule has 0 saturated heterocycles. The van der Waals surface area contributed by atoms with Crippen LogP contribution in [0.15, 0.2) is 48.7 Å². The second-order valence-electron chi connectivity index (χ2n) is 8.03. The van der Waals surface area contributed by atoms with Gasteiger partial charge in [0.2, 0.25) is 0 Å². The smallest absolute Gasteiger partial charge is 0.255 e. The van der Waals surface area contributed by atoms with Crippen molar-refractivity contribution in [2.75, 3.05) is 25.6 Å². The summed E-state index contributed by atoms with van der Waals surface area (Å²) in [5, 5.41) is 7.22. The van der Waals surface area contributed by atoms with Gasteiger partial charge in [0.05, 0.1) is 18.9 Å². The van der Waals surface area contributed by atoms with Crippen LogP contribution in [0.1, 0.15) is 36.0 Å². The molecule has 1 aliphatic rings. The fourth-order valence-electron chi connectivity index (χ4n) is 4.04. The number of nitrogens with two attached hydrogens (primary N) is 1. The minimum Gasteiger partial charge on any atom is -0.493 e. The van der Waals surface area contributed by atoms with E-state index >= 15 is 0 Å². The van der Waals surface area contributed by atoms with Crippen molar-refractivity contribution in [2.24, 2.45) is 12.8 Å². The summed E-state index contributed by atoms with van der Waals surface area (Å²) in [7, 11) is 3.46. The maximum atomic E-state index is 13.1. The van der Waals surface area contributed by atoms with Crippen molar-refractivity contribution in [1.82, 2.24) is 9.78 Å². The third-order valence-corrected chi connectivity index (χ3v) is 5.73. The van der Waals surface area contributed by atoms with E-state index in [2.05, 4.69) is 10.4 Å². The number of aryl methyl sites for hydroxylation is 1. The van der Waals surface area contributed by atoms with Gasteiger partial charge in [-0.05, 0) is 68.1 Å². The summed E-state index contributed by atoms with van der Waals surface area (Å²) in [5.74, 6) is 1.66. The number of benzene rings is 2. The lowest BCUT2D eigenvalue weighted by Crippen LogP contribution is -2.15. The number of nitrogens with zero attached hydrogens (tertiary/aromatic N) is 2. The number of rotatable bonds is 9. The quantitative estimate of drug-likeness (QED) is 0.511. The van der Waals surface area contributed by atoms with E-state index in [0.717, 1.165) is 36.9 Å². The van der Waals surface area contributed by atoms with Crippen LogP contribution in [0.5, 0.6) is 17.2 Å². The fraction of sp³-hybridized carbons (Fsp3) is 0.360. The average Bonchev–Trinajstić information content (AvgIpc) is 3.49. The Morgan fingerprint density at radius 2 is 1.91 bits per heavy atom. The molecule has 3 aromatic rings. The first kappa shape index (κ1) is 22.7. The van der Waals surface area contributed by atoms with Crippen LogP contribution in [-0.2, 0) is 7.05 Å². The van der Waals surface area contributed by atoms with Gasteiger partial charge in [0, 0.05) is 36.6 Å². The molecule has 4 rings (SSSR count). The molecule has 0 unspecified atom stereocenters. The summed E-state index contributed by atoms with van der Waals surface area (Å²) in [6.45, 7) is 0.804. The molecule has 0 radical (unpaired) electrons. The number of hydrogen-bond acceptors (Lipinski definition) is 6. The number of amides is 1. The van der Waals surface area contributed by atoms with E-state index in [9.17, 15) is 4.79 Å². The number of nitrogens with one attached hydrogen (secondary N) is 1. The lowest BCUT2D eigenvalue weighted by molar-refractivity contribution is 0.102. The molecule has 1 amide bonds. The Labute approximate surface area is 193 Å². The van der Waals surface area contributed by atoms with Crippen LogP contribution in [0.25, 0.3) is 11.3 Å². The Kier molecular flexibility index (Phi) is 7.14. The Morgan fingerprint density at radius 3 is 2.61 bits per heavy atom. The van der Waals surface area contributed by atoms with Crippen LogP contribution in [0.3, 0.4) is 0 Å². The van der Waals surface area contributed by atoms with Crippen LogP contribution in [0.4, 0.5) is 5.69 Å². The van der Waals surface area contributed by atoms with Crippen molar-refractivity contribution in [1.29, 1.82) is 0 Å². The molecule has 0 spiro atoms. The SMILES string of the molecule is COc1ccc(C(=O)Nc2ccc(OCCN)c(-c3ccnn3C)c2)cc1OC1CCCC1. The second-order valence-corrected chi connectivity index (χ2v) is 8.03. The molecule has 1 aliphatic carbocycles. The lowest BCUT2D eigenvalue weighted by atomic mass is 10.1. The molecular formula is C25H30N4O4. The van der Waals surface area contributed by atoms with Crippen LogP contribution >= 0.6 is 0 Å². The highest BCUT2D eigenvalue weighted by molar-refractivity contribution is 6.05. The zero-order chi connectivity index (χ0) is 23.2. The molecule has 8 nitrogen and oxygen atoms in total. The van der Waals surface area contributed by atoms with E-state index in [1.165, 1.54) is 0 Å². The molecule has 1 saturated carbocycles. The van der Waals surface area contributed by atoms with Gasteiger partial charge < -0.3 is 25.3 Å². The molecule has 174 valence electrons. The fourth-order valence-corrected chi connectivity index (χ4v) is 4.04. The number of methoxy groups -OCH3 is 1. The summed E-state index contributed by atoms with van der Waals surface area (Å²) in [6, 6.07) is 12.7. The molecule has 33 heavy (non-hydrogen) atoms. The third kappa shape index (κ3) is 5.28. The van der Waals surface area contributed by atoms with Gasteiger partial charge >= 0.3 is 0 Å². The largest absolute Gasteiger partial charge is 0.493 e. The first-order valence-corrected chi connectivity index (χ1v) is 11.2. The zero-order valence-electron chi connectivity index (χ0n) is 19.0. The summed E-state index contributed by atoms with van der Waals surface area (Å²) in [5.41, 5.74) is 8.43. The van der Waals surface area contributed by atoms with E-state index in [1.54, 1.807) is 36.2 Å². The van der Waals surface area contributed by atoms with Crippen LogP contribution in [0.2, 0.25) is 0 Å². The number of ether oxygens (including phenoxy) is 3. The van der Waals surface area contributed by atoms with Gasteiger partial charge in [-0.1, -0.05) is 0 Å². The minimum absolute atomic E-state index is 0.166. The van der Waals surface area contributed by atoms with Gasteiger partial charge in [0.1, 0.15) is 12.4 Å². The molecular weight excluding hydrogens is 420 g/mol. The predicted octanol–water partition coefficient (Wildman–Crippen LogP) is 4.01. The first-order chi connectivity index (χ1) is 16.1. The van der Waals surface area contributed by atoms with Crippen LogP contribution in [-0.4, -0.2) is 42.1 Å². The molecule has 8 heteroatoms. The van der Waals surface area contributed by atoms with Gasteiger partial charge in [-0.3, -0.25) is 9.48 Å². The molecule has 0 atom stereocenters. The van der Waals surface area contributed by atoms with Gasteiger partial charge in [0.15, 0.2) is 11.5 Å². The Balaban J connectivity index is 1.57. The molecule has 3 N–H and O–H groups in total.